The van der Waals surface area contributed by atoms with Crippen LogP contribution in [0, 0.1) is 11.3 Å². The van der Waals surface area contributed by atoms with E-state index in [4.69, 9.17) is 11.6 Å². The van der Waals surface area contributed by atoms with E-state index in [-0.39, 0.29) is 5.41 Å². The molecular formula is C17H20ClN3. The highest BCUT2D eigenvalue weighted by Gasteiger charge is 2.27. The summed E-state index contributed by atoms with van der Waals surface area (Å²) in [4.78, 5) is 1.76. The van der Waals surface area contributed by atoms with Gasteiger partial charge in [0.25, 0.3) is 0 Å². The van der Waals surface area contributed by atoms with Crippen LogP contribution in [0.25, 0.3) is 16.7 Å². The number of benzene rings is 1. The summed E-state index contributed by atoms with van der Waals surface area (Å²) >= 11 is 6.02. The maximum Gasteiger partial charge on any atom is 0.115 e. The molecule has 0 N–H and O–H groups in total. The average molecular weight is 302 g/mol. The van der Waals surface area contributed by atoms with E-state index in [9.17, 15) is 0 Å². The minimum atomic E-state index is 0.233. The van der Waals surface area contributed by atoms with E-state index in [1.807, 2.05) is 18.2 Å². The second-order valence-electron chi connectivity index (χ2n) is 6.85. The summed E-state index contributed by atoms with van der Waals surface area (Å²) < 4.78 is 0. The van der Waals surface area contributed by atoms with Crippen LogP contribution < -0.4 is 0 Å². The zero-order valence-corrected chi connectivity index (χ0v) is 13.6. The van der Waals surface area contributed by atoms with E-state index >= 15 is 0 Å². The molecule has 0 fully saturated rings. The van der Waals surface area contributed by atoms with Gasteiger partial charge in [-0.1, -0.05) is 44.0 Å². The summed E-state index contributed by atoms with van der Waals surface area (Å²) in [5.74, 6) is 0.496. The third-order valence-electron chi connectivity index (χ3n) is 4.00. The molecule has 2 aromatic rings. The van der Waals surface area contributed by atoms with Gasteiger partial charge < -0.3 is 0 Å². The number of allylic oxidation sites excluding steroid dienone is 4. The highest BCUT2D eigenvalue weighted by atomic mass is 35.5. The van der Waals surface area contributed by atoms with Crippen molar-refractivity contribution in [3.8, 4) is 0 Å². The molecule has 0 amide bonds. The molecule has 1 atom stereocenters. The highest BCUT2D eigenvalue weighted by molar-refractivity contribution is 6.31. The van der Waals surface area contributed by atoms with Crippen LogP contribution in [-0.4, -0.2) is 15.0 Å². The summed E-state index contributed by atoms with van der Waals surface area (Å²) in [5, 5.41) is 9.84. The average Bonchev–Trinajstić information content (AvgIpc) is 2.80. The van der Waals surface area contributed by atoms with Gasteiger partial charge in [0.15, 0.2) is 0 Å². The Labute approximate surface area is 130 Å². The zero-order valence-electron chi connectivity index (χ0n) is 12.9. The van der Waals surface area contributed by atoms with E-state index in [0.717, 1.165) is 23.2 Å². The smallest absolute Gasteiger partial charge is 0.115 e. The standard InChI is InChI=1S/C17H20ClN3/c1-11-7-12(17(2,3)4)9-14(8-11)21-19-15-6-5-13(18)10-16(15)20-21/h5-8,10,12H,9H2,1-4H3. The minimum absolute atomic E-state index is 0.233. The lowest BCUT2D eigenvalue weighted by molar-refractivity contribution is 0.292. The molecule has 1 heterocycles. The summed E-state index contributed by atoms with van der Waals surface area (Å²) in [7, 11) is 0. The molecule has 1 aromatic carbocycles. The van der Waals surface area contributed by atoms with Crippen molar-refractivity contribution < 1.29 is 0 Å². The van der Waals surface area contributed by atoms with Crippen LogP contribution in [0.3, 0.4) is 0 Å². The van der Waals surface area contributed by atoms with Crippen LogP contribution in [-0.2, 0) is 0 Å². The Hall–Kier alpha value is -1.61. The van der Waals surface area contributed by atoms with Gasteiger partial charge in [0.2, 0.25) is 0 Å². The molecule has 0 bridgehead atoms. The number of nitrogens with zero attached hydrogens (tertiary/aromatic N) is 3. The van der Waals surface area contributed by atoms with Gasteiger partial charge in [0.05, 0.1) is 5.70 Å². The molecular weight excluding hydrogens is 282 g/mol. The first-order valence-corrected chi connectivity index (χ1v) is 7.63. The Morgan fingerprint density at radius 2 is 1.90 bits per heavy atom. The molecule has 4 heteroatoms. The molecule has 1 aliphatic rings. The molecule has 3 rings (SSSR count). The molecule has 21 heavy (non-hydrogen) atoms. The van der Waals surface area contributed by atoms with Gasteiger partial charge in [-0.25, -0.2) is 0 Å². The van der Waals surface area contributed by atoms with Gasteiger partial charge in [-0.05, 0) is 49.0 Å². The third-order valence-corrected chi connectivity index (χ3v) is 4.23. The van der Waals surface area contributed by atoms with Crippen LogP contribution in [0.15, 0.2) is 35.9 Å². The molecule has 0 radical (unpaired) electrons. The van der Waals surface area contributed by atoms with Gasteiger partial charge in [-0.2, -0.15) is 4.80 Å². The van der Waals surface area contributed by atoms with Crippen molar-refractivity contribution >= 4 is 28.3 Å². The molecule has 3 nitrogen and oxygen atoms in total. The molecule has 0 spiro atoms. The fourth-order valence-corrected chi connectivity index (χ4v) is 2.85. The second kappa shape index (κ2) is 4.99. The largest absolute Gasteiger partial charge is 0.155 e. The molecule has 0 saturated heterocycles. The van der Waals surface area contributed by atoms with Crippen LogP contribution >= 0.6 is 11.6 Å². The van der Waals surface area contributed by atoms with Crippen molar-refractivity contribution in [3.63, 3.8) is 0 Å². The highest BCUT2D eigenvalue weighted by Crippen LogP contribution is 2.37. The van der Waals surface area contributed by atoms with Gasteiger partial charge in [-0.3, -0.25) is 0 Å². The number of aromatic nitrogens is 3. The molecule has 1 aliphatic carbocycles. The van der Waals surface area contributed by atoms with Crippen LogP contribution in [0.4, 0.5) is 0 Å². The summed E-state index contributed by atoms with van der Waals surface area (Å²) in [5.41, 5.74) is 4.36. The second-order valence-corrected chi connectivity index (χ2v) is 7.28. The molecule has 110 valence electrons. The summed E-state index contributed by atoms with van der Waals surface area (Å²) in [6, 6.07) is 5.61. The number of fused-ring (bicyclic) bond motifs is 1. The number of halogens is 1. The van der Waals surface area contributed by atoms with Crippen LogP contribution in [0.1, 0.15) is 34.1 Å². The van der Waals surface area contributed by atoms with E-state index in [0.29, 0.717) is 10.9 Å². The lowest BCUT2D eigenvalue weighted by Gasteiger charge is -2.31. The molecule has 1 unspecified atom stereocenters. The van der Waals surface area contributed by atoms with Crippen molar-refractivity contribution in [2.45, 2.75) is 34.1 Å². The van der Waals surface area contributed by atoms with Crippen molar-refractivity contribution in [1.29, 1.82) is 0 Å². The van der Waals surface area contributed by atoms with Gasteiger partial charge in [-0.15, -0.1) is 10.2 Å². The topological polar surface area (TPSA) is 30.7 Å². The van der Waals surface area contributed by atoms with Gasteiger partial charge in [0.1, 0.15) is 11.0 Å². The lowest BCUT2D eigenvalue weighted by Crippen LogP contribution is -2.22. The monoisotopic (exact) mass is 301 g/mol. The maximum atomic E-state index is 6.02. The number of rotatable bonds is 1. The SMILES string of the molecule is CC1=CC(C(C)(C)C)CC(n2nc3ccc(Cl)cc3n2)=C1. The van der Waals surface area contributed by atoms with E-state index in [2.05, 4.69) is 50.0 Å². The normalized spacial score (nSPS) is 19.6. The fraction of sp³-hybridized carbons (Fsp3) is 0.412. The van der Waals surface area contributed by atoms with Crippen molar-refractivity contribution in [2.24, 2.45) is 11.3 Å². The number of hydrogen-bond acceptors (Lipinski definition) is 2. The van der Waals surface area contributed by atoms with Crippen molar-refractivity contribution in [3.05, 3.63) is 40.9 Å². The van der Waals surface area contributed by atoms with Crippen LogP contribution in [0.5, 0.6) is 0 Å². The first-order valence-electron chi connectivity index (χ1n) is 7.25. The Bertz CT molecular complexity index is 747. The molecule has 0 saturated carbocycles. The Kier molecular flexibility index (Phi) is 3.40. The Morgan fingerprint density at radius 1 is 1.19 bits per heavy atom. The maximum absolute atomic E-state index is 6.02. The lowest BCUT2D eigenvalue weighted by atomic mass is 9.75. The van der Waals surface area contributed by atoms with Crippen molar-refractivity contribution in [1.82, 2.24) is 15.0 Å². The summed E-state index contributed by atoms with van der Waals surface area (Å²) in [6.07, 6.45) is 5.47. The van der Waals surface area contributed by atoms with Crippen LogP contribution in [0.2, 0.25) is 5.02 Å². The zero-order chi connectivity index (χ0) is 15.2. The Balaban J connectivity index is 2.00. The first-order chi connectivity index (χ1) is 9.83. The van der Waals surface area contributed by atoms with Gasteiger partial charge in [0, 0.05) is 5.02 Å². The molecule has 0 aliphatic heterocycles. The van der Waals surface area contributed by atoms with E-state index in [1.54, 1.807) is 4.80 Å². The third kappa shape index (κ3) is 2.88. The Morgan fingerprint density at radius 3 is 2.62 bits per heavy atom. The predicted molar refractivity (Wildman–Crippen MR) is 88.1 cm³/mol. The fourth-order valence-electron chi connectivity index (χ4n) is 2.68. The number of hydrogen-bond donors (Lipinski definition) is 0. The summed E-state index contributed by atoms with van der Waals surface area (Å²) in [6.45, 7) is 8.96. The quantitative estimate of drug-likeness (QED) is 0.747. The predicted octanol–water partition coefficient (Wildman–Crippen LogP) is 4.94. The molecule has 1 aromatic heterocycles. The van der Waals surface area contributed by atoms with E-state index < -0.39 is 0 Å². The van der Waals surface area contributed by atoms with E-state index in [1.165, 1.54) is 5.57 Å². The minimum Gasteiger partial charge on any atom is -0.155 e. The van der Waals surface area contributed by atoms with Gasteiger partial charge >= 0.3 is 0 Å². The van der Waals surface area contributed by atoms with Crippen molar-refractivity contribution in [2.75, 3.05) is 0 Å². The first kappa shape index (κ1) is 14.3.